The van der Waals surface area contributed by atoms with E-state index in [0.29, 0.717) is 0 Å². The van der Waals surface area contributed by atoms with Gasteiger partial charge in [0.05, 0.1) is 23.2 Å². The van der Waals surface area contributed by atoms with Gasteiger partial charge in [-0.05, 0) is 17.7 Å². The second kappa shape index (κ2) is 6.50. The van der Waals surface area contributed by atoms with E-state index in [2.05, 4.69) is 5.32 Å². The van der Waals surface area contributed by atoms with Gasteiger partial charge in [-0.2, -0.15) is 0 Å². The van der Waals surface area contributed by atoms with Gasteiger partial charge in [0.15, 0.2) is 0 Å². The second-order valence-electron chi connectivity index (χ2n) is 4.22. The fraction of sp³-hybridized carbons (Fsp3) is 0.133. The van der Waals surface area contributed by atoms with E-state index >= 15 is 0 Å². The third-order valence-electron chi connectivity index (χ3n) is 2.88. The first-order valence-electron chi connectivity index (χ1n) is 6.04. The Kier molecular flexibility index (Phi) is 4.71. The fourth-order valence-electron chi connectivity index (χ4n) is 1.86. The quantitative estimate of drug-likeness (QED) is 0.910. The van der Waals surface area contributed by atoms with Crippen LogP contribution >= 0.6 is 11.6 Å². The Morgan fingerprint density at radius 2 is 1.90 bits per heavy atom. The molecule has 1 amide bonds. The van der Waals surface area contributed by atoms with Crippen LogP contribution in [0.25, 0.3) is 0 Å². The molecule has 2 rings (SSSR count). The van der Waals surface area contributed by atoms with Crippen molar-refractivity contribution in [3.8, 4) is 0 Å². The van der Waals surface area contributed by atoms with Crippen LogP contribution in [0, 0.1) is 5.82 Å². The molecule has 0 saturated heterocycles. The highest BCUT2D eigenvalue weighted by atomic mass is 35.5. The molecule has 0 aliphatic rings. The van der Waals surface area contributed by atoms with Crippen molar-refractivity contribution >= 4 is 17.5 Å². The largest absolute Gasteiger partial charge is 0.394 e. The Labute approximate surface area is 121 Å². The number of hydrogen-bond donors (Lipinski definition) is 2. The summed E-state index contributed by atoms with van der Waals surface area (Å²) in [6.07, 6.45) is 0. The van der Waals surface area contributed by atoms with Crippen LogP contribution in [0.15, 0.2) is 48.5 Å². The lowest BCUT2D eigenvalue weighted by molar-refractivity contribution is 0.0912. The molecule has 0 aliphatic carbocycles. The van der Waals surface area contributed by atoms with Gasteiger partial charge in [-0.25, -0.2) is 4.39 Å². The molecule has 0 aromatic heterocycles. The van der Waals surface area contributed by atoms with Gasteiger partial charge in [0.25, 0.3) is 5.91 Å². The molecule has 2 aromatic carbocycles. The number of carbonyl (C=O) groups is 1. The summed E-state index contributed by atoms with van der Waals surface area (Å²) >= 11 is 5.83. The number of aliphatic hydroxyl groups excluding tert-OH is 1. The first kappa shape index (κ1) is 14.5. The summed E-state index contributed by atoms with van der Waals surface area (Å²) in [4.78, 5) is 12.1. The van der Waals surface area contributed by atoms with Crippen molar-refractivity contribution in [2.45, 2.75) is 6.04 Å². The van der Waals surface area contributed by atoms with E-state index in [1.54, 1.807) is 24.3 Å². The van der Waals surface area contributed by atoms with Gasteiger partial charge in [0.2, 0.25) is 0 Å². The summed E-state index contributed by atoms with van der Waals surface area (Å²) in [5, 5.41) is 12.0. The van der Waals surface area contributed by atoms with Gasteiger partial charge >= 0.3 is 0 Å². The maximum atomic E-state index is 13.6. The topological polar surface area (TPSA) is 49.3 Å². The molecule has 3 nitrogen and oxygen atoms in total. The minimum absolute atomic E-state index is 0.0345. The summed E-state index contributed by atoms with van der Waals surface area (Å²) in [6, 6.07) is 12.4. The van der Waals surface area contributed by atoms with Crippen LogP contribution < -0.4 is 5.32 Å². The van der Waals surface area contributed by atoms with E-state index in [1.807, 2.05) is 6.07 Å². The van der Waals surface area contributed by atoms with Crippen molar-refractivity contribution in [2.24, 2.45) is 0 Å². The zero-order valence-electron chi connectivity index (χ0n) is 10.5. The van der Waals surface area contributed by atoms with Crippen LogP contribution in [0.4, 0.5) is 4.39 Å². The Bertz CT molecular complexity index is 584. The van der Waals surface area contributed by atoms with Gasteiger partial charge < -0.3 is 10.4 Å². The molecule has 1 unspecified atom stereocenters. The lowest BCUT2D eigenvalue weighted by Crippen LogP contribution is -2.31. The molecule has 0 bridgehead atoms. The van der Waals surface area contributed by atoms with E-state index in [1.165, 1.54) is 12.1 Å². The van der Waals surface area contributed by atoms with Crippen LogP contribution in [0.2, 0.25) is 5.02 Å². The monoisotopic (exact) mass is 293 g/mol. The standard InChI is InChI=1S/C15H13ClFNO2/c16-11-7-4-8-12(17)14(11)15(20)18-13(9-19)10-5-2-1-3-6-10/h1-8,13,19H,9H2,(H,18,20). The highest BCUT2D eigenvalue weighted by Crippen LogP contribution is 2.20. The molecule has 0 radical (unpaired) electrons. The number of aliphatic hydroxyl groups is 1. The summed E-state index contributed by atoms with van der Waals surface area (Å²) < 4.78 is 13.6. The van der Waals surface area contributed by atoms with Gasteiger partial charge in [-0.15, -0.1) is 0 Å². The highest BCUT2D eigenvalue weighted by molar-refractivity contribution is 6.33. The number of carbonyl (C=O) groups excluding carboxylic acids is 1. The molecular weight excluding hydrogens is 281 g/mol. The van der Waals surface area contributed by atoms with E-state index in [-0.39, 0.29) is 17.2 Å². The van der Waals surface area contributed by atoms with Crippen molar-refractivity contribution in [1.29, 1.82) is 0 Å². The number of amides is 1. The maximum Gasteiger partial charge on any atom is 0.256 e. The van der Waals surface area contributed by atoms with Crippen molar-refractivity contribution in [3.63, 3.8) is 0 Å². The van der Waals surface area contributed by atoms with Crippen molar-refractivity contribution in [2.75, 3.05) is 6.61 Å². The van der Waals surface area contributed by atoms with E-state index in [4.69, 9.17) is 11.6 Å². The minimum Gasteiger partial charge on any atom is -0.394 e. The molecule has 20 heavy (non-hydrogen) atoms. The van der Waals surface area contributed by atoms with Crippen LogP contribution in [0.5, 0.6) is 0 Å². The Morgan fingerprint density at radius 1 is 1.20 bits per heavy atom. The summed E-state index contributed by atoms with van der Waals surface area (Å²) in [7, 11) is 0. The Hall–Kier alpha value is -1.91. The third kappa shape index (κ3) is 3.15. The van der Waals surface area contributed by atoms with Crippen molar-refractivity contribution < 1.29 is 14.3 Å². The smallest absolute Gasteiger partial charge is 0.256 e. The number of halogens is 2. The molecule has 0 spiro atoms. The minimum atomic E-state index is -0.695. The number of rotatable bonds is 4. The fourth-order valence-corrected chi connectivity index (χ4v) is 2.11. The predicted molar refractivity (Wildman–Crippen MR) is 75.1 cm³/mol. The molecule has 104 valence electrons. The summed E-state index contributed by atoms with van der Waals surface area (Å²) in [5.41, 5.74) is 0.513. The average Bonchev–Trinajstić information content (AvgIpc) is 2.45. The van der Waals surface area contributed by atoms with Crippen LogP contribution in [-0.4, -0.2) is 17.6 Å². The lowest BCUT2D eigenvalue weighted by Gasteiger charge is -2.17. The predicted octanol–water partition coefficient (Wildman–Crippen LogP) is 2.94. The Balaban J connectivity index is 2.22. The maximum absolute atomic E-state index is 13.6. The van der Waals surface area contributed by atoms with Gasteiger partial charge in [-0.3, -0.25) is 4.79 Å². The average molecular weight is 294 g/mol. The molecule has 2 aromatic rings. The molecule has 2 N–H and O–H groups in total. The zero-order chi connectivity index (χ0) is 14.5. The summed E-state index contributed by atoms with van der Waals surface area (Å²) in [5.74, 6) is -1.35. The molecule has 0 heterocycles. The van der Waals surface area contributed by atoms with Crippen molar-refractivity contribution in [1.82, 2.24) is 5.32 Å². The normalized spacial score (nSPS) is 11.9. The molecule has 5 heteroatoms. The number of nitrogens with one attached hydrogen (secondary N) is 1. The molecular formula is C15H13ClFNO2. The third-order valence-corrected chi connectivity index (χ3v) is 3.19. The molecule has 1 atom stereocenters. The number of benzene rings is 2. The van der Waals surface area contributed by atoms with Gasteiger partial charge in [0.1, 0.15) is 5.82 Å². The van der Waals surface area contributed by atoms with Crippen molar-refractivity contribution in [3.05, 3.63) is 70.5 Å². The van der Waals surface area contributed by atoms with E-state index < -0.39 is 17.8 Å². The van der Waals surface area contributed by atoms with Crippen LogP contribution in [-0.2, 0) is 0 Å². The zero-order valence-corrected chi connectivity index (χ0v) is 11.3. The van der Waals surface area contributed by atoms with E-state index in [9.17, 15) is 14.3 Å². The molecule has 0 aliphatic heterocycles. The molecule has 0 saturated carbocycles. The Morgan fingerprint density at radius 3 is 2.50 bits per heavy atom. The first-order valence-corrected chi connectivity index (χ1v) is 6.42. The number of hydrogen-bond acceptors (Lipinski definition) is 2. The van der Waals surface area contributed by atoms with Crippen LogP contribution in [0.1, 0.15) is 22.0 Å². The van der Waals surface area contributed by atoms with Gasteiger partial charge in [0, 0.05) is 0 Å². The SMILES string of the molecule is O=C(NC(CO)c1ccccc1)c1c(F)cccc1Cl. The highest BCUT2D eigenvalue weighted by Gasteiger charge is 2.19. The lowest BCUT2D eigenvalue weighted by atomic mass is 10.1. The van der Waals surface area contributed by atoms with E-state index in [0.717, 1.165) is 11.6 Å². The summed E-state index contributed by atoms with van der Waals surface area (Å²) in [6.45, 7) is -0.290. The van der Waals surface area contributed by atoms with Gasteiger partial charge in [-0.1, -0.05) is 48.0 Å². The first-order chi connectivity index (χ1) is 9.63. The van der Waals surface area contributed by atoms with Crippen LogP contribution in [0.3, 0.4) is 0 Å². The molecule has 0 fully saturated rings. The second-order valence-corrected chi connectivity index (χ2v) is 4.62.